The van der Waals surface area contributed by atoms with Gasteiger partial charge in [0, 0.05) is 5.02 Å². The van der Waals surface area contributed by atoms with Crippen LogP contribution in [0.15, 0.2) is 77.7 Å². The Morgan fingerprint density at radius 2 is 1.63 bits per heavy atom. The molecule has 0 unspecified atom stereocenters. The minimum atomic E-state index is -3.90. The number of benzene rings is 3. The van der Waals surface area contributed by atoms with Crippen molar-refractivity contribution in [1.29, 1.82) is 0 Å². The van der Waals surface area contributed by atoms with E-state index in [0.717, 1.165) is 16.7 Å². The van der Waals surface area contributed by atoms with Gasteiger partial charge in [-0.1, -0.05) is 66.2 Å². The topological polar surface area (TPSA) is 55.4 Å². The van der Waals surface area contributed by atoms with Gasteiger partial charge >= 0.3 is 0 Å². The normalized spacial score (nSPS) is 12.6. The molecule has 0 radical (unpaired) electrons. The minimum absolute atomic E-state index is 0.00650. The van der Waals surface area contributed by atoms with E-state index in [1.165, 1.54) is 13.2 Å². The number of rotatable bonds is 6. The van der Waals surface area contributed by atoms with Crippen LogP contribution in [0.3, 0.4) is 0 Å². The van der Waals surface area contributed by atoms with E-state index in [-0.39, 0.29) is 10.6 Å². The molecule has 0 saturated heterocycles. The van der Waals surface area contributed by atoms with E-state index in [2.05, 4.69) is 4.72 Å². The van der Waals surface area contributed by atoms with Gasteiger partial charge in [0.25, 0.3) is 0 Å². The van der Waals surface area contributed by atoms with Gasteiger partial charge in [-0.2, -0.15) is 4.72 Å². The third-order valence-electron chi connectivity index (χ3n) is 4.32. The van der Waals surface area contributed by atoms with Crippen LogP contribution in [0.2, 0.25) is 5.02 Å². The summed E-state index contributed by atoms with van der Waals surface area (Å²) in [6.07, 6.45) is 0. The van der Waals surface area contributed by atoms with Gasteiger partial charge in [-0.25, -0.2) is 8.42 Å². The van der Waals surface area contributed by atoms with Crippen LogP contribution in [-0.4, -0.2) is 15.5 Å². The summed E-state index contributed by atoms with van der Waals surface area (Å²) in [7, 11) is -2.47. The van der Waals surface area contributed by atoms with Crippen LogP contribution in [0.5, 0.6) is 5.75 Å². The summed E-state index contributed by atoms with van der Waals surface area (Å²) in [6.45, 7) is 1.96. The van der Waals surface area contributed by atoms with Crippen molar-refractivity contribution in [3.05, 3.63) is 94.5 Å². The summed E-state index contributed by atoms with van der Waals surface area (Å²) in [5.41, 5.74) is 2.72. The molecule has 0 saturated carbocycles. The Morgan fingerprint density at radius 3 is 2.30 bits per heavy atom. The smallest absolute Gasteiger partial charge is 0.245 e. The summed E-state index contributed by atoms with van der Waals surface area (Å²) in [5, 5.41) is 0.323. The molecule has 0 amide bonds. The van der Waals surface area contributed by atoms with Gasteiger partial charge < -0.3 is 4.74 Å². The van der Waals surface area contributed by atoms with Gasteiger partial charge in [0.1, 0.15) is 10.6 Å². The lowest BCUT2D eigenvalue weighted by Crippen LogP contribution is -2.30. The van der Waals surface area contributed by atoms with Crippen molar-refractivity contribution in [3.63, 3.8) is 0 Å². The van der Waals surface area contributed by atoms with Crippen LogP contribution >= 0.6 is 11.6 Å². The third kappa shape index (κ3) is 4.33. The predicted octanol–water partition coefficient (Wildman–Crippen LogP) is 4.72. The van der Waals surface area contributed by atoms with E-state index < -0.39 is 16.1 Å². The molecule has 0 aliphatic heterocycles. The van der Waals surface area contributed by atoms with Crippen LogP contribution in [0.4, 0.5) is 0 Å². The number of hydrogen-bond donors (Lipinski definition) is 1. The second-order valence-corrected chi connectivity index (χ2v) is 8.24. The second-order valence-electron chi connectivity index (χ2n) is 6.12. The molecule has 3 aromatic rings. The molecule has 3 aromatic carbocycles. The van der Waals surface area contributed by atoms with Gasteiger partial charge in [0.05, 0.1) is 13.2 Å². The summed E-state index contributed by atoms with van der Waals surface area (Å²) < 4.78 is 34.4. The maximum absolute atomic E-state index is 13.2. The standard InChI is InChI=1S/C21H20ClNO3S/c1-15-8-6-7-11-18(15)21(16-9-4-3-5-10-16)23-27(24,25)20-14-17(22)12-13-19(20)26-2/h3-14,21,23H,1-2H3/t21-/m1/s1. The van der Waals surface area contributed by atoms with Crippen molar-refractivity contribution in [2.24, 2.45) is 0 Å². The van der Waals surface area contributed by atoms with Crippen LogP contribution in [0.1, 0.15) is 22.7 Å². The molecule has 4 nitrogen and oxygen atoms in total. The van der Waals surface area contributed by atoms with Gasteiger partial charge in [-0.05, 0) is 41.8 Å². The van der Waals surface area contributed by atoms with Crippen molar-refractivity contribution in [1.82, 2.24) is 4.72 Å². The molecule has 140 valence electrons. The van der Waals surface area contributed by atoms with Crippen molar-refractivity contribution < 1.29 is 13.2 Å². The van der Waals surface area contributed by atoms with E-state index in [0.29, 0.717) is 5.02 Å². The lowest BCUT2D eigenvalue weighted by atomic mass is 9.96. The first-order valence-corrected chi connectivity index (χ1v) is 10.2. The van der Waals surface area contributed by atoms with Crippen molar-refractivity contribution >= 4 is 21.6 Å². The molecule has 3 rings (SSSR count). The third-order valence-corrected chi connectivity index (χ3v) is 6.00. The molecule has 0 fully saturated rings. The quantitative estimate of drug-likeness (QED) is 0.649. The SMILES string of the molecule is COc1ccc(Cl)cc1S(=O)(=O)N[C@H](c1ccccc1)c1ccccc1C. The first-order valence-electron chi connectivity index (χ1n) is 8.39. The zero-order valence-electron chi connectivity index (χ0n) is 15.0. The molecular weight excluding hydrogens is 382 g/mol. The van der Waals surface area contributed by atoms with E-state index in [9.17, 15) is 8.42 Å². The molecule has 0 bridgehead atoms. The Balaban J connectivity index is 2.10. The minimum Gasteiger partial charge on any atom is -0.495 e. The molecule has 6 heteroatoms. The predicted molar refractivity (Wildman–Crippen MR) is 108 cm³/mol. The Bertz CT molecular complexity index is 1040. The van der Waals surface area contributed by atoms with E-state index in [4.69, 9.17) is 16.3 Å². The van der Waals surface area contributed by atoms with Crippen molar-refractivity contribution in [2.75, 3.05) is 7.11 Å². The maximum Gasteiger partial charge on any atom is 0.245 e. The van der Waals surface area contributed by atoms with Crippen LogP contribution in [0, 0.1) is 6.92 Å². The van der Waals surface area contributed by atoms with Gasteiger partial charge in [0.2, 0.25) is 10.0 Å². The highest BCUT2D eigenvalue weighted by atomic mass is 35.5. The molecule has 0 aliphatic rings. The molecule has 0 spiro atoms. The van der Waals surface area contributed by atoms with Crippen molar-refractivity contribution in [2.45, 2.75) is 17.9 Å². The molecular formula is C21H20ClNO3S. The second kappa shape index (κ2) is 8.13. The van der Waals surface area contributed by atoms with Crippen LogP contribution in [0.25, 0.3) is 0 Å². The molecule has 1 N–H and O–H groups in total. The average molecular weight is 402 g/mol. The fraction of sp³-hybridized carbons (Fsp3) is 0.143. The maximum atomic E-state index is 13.2. The number of sulfonamides is 1. The average Bonchev–Trinajstić information content (AvgIpc) is 2.67. The van der Waals surface area contributed by atoms with Crippen LogP contribution < -0.4 is 9.46 Å². The highest BCUT2D eigenvalue weighted by molar-refractivity contribution is 7.89. The number of halogens is 1. The van der Waals surface area contributed by atoms with Gasteiger partial charge in [-0.3, -0.25) is 0 Å². The highest BCUT2D eigenvalue weighted by Crippen LogP contribution is 2.31. The number of methoxy groups -OCH3 is 1. The molecule has 0 aliphatic carbocycles. The monoisotopic (exact) mass is 401 g/mol. The number of ether oxygens (including phenoxy) is 1. The lowest BCUT2D eigenvalue weighted by Gasteiger charge is -2.22. The number of aryl methyl sites for hydroxylation is 1. The van der Waals surface area contributed by atoms with Gasteiger partial charge in [0.15, 0.2) is 0 Å². The van der Waals surface area contributed by atoms with E-state index in [1.54, 1.807) is 12.1 Å². The number of hydrogen-bond acceptors (Lipinski definition) is 3. The van der Waals surface area contributed by atoms with Gasteiger partial charge in [-0.15, -0.1) is 0 Å². The molecule has 27 heavy (non-hydrogen) atoms. The van der Waals surface area contributed by atoms with Crippen LogP contribution in [-0.2, 0) is 10.0 Å². The summed E-state index contributed by atoms with van der Waals surface area (Å²) in [6, 6.07) is 21.1. The van der Waals surface area contributed by atoms with E-state index in [1.807, 2.05) is 61.5 Å². The Labute approximate surface area is 164 Å². The molecule has 1 atom stereocenters. The zero-order valence-corrected chi connectivity index (χ0v) is 16.6. The Kier molecular flexibility index (Phi) is 5.85. The summed E-state index contributed by atoms with van der Waals surface area (Å²) in [4.78, 5) is 0.00650. The zero-order chi connectivity index (χ0) is 19.4. The fourth-order valence-corrected chi connectivity index (χ4v) is 4.58. The lowest BCUT2D eigenvalue weighted by molar-refractivity contribution is 0.402. The fourth-order valence-electron chi connectivity index (χ4n) is 2.95. The van der Waals surface area contributed by atoms with Crippen molar-refractivity contribution in [3.8, 4) is 5.75 Å². The Morgan fingerprint density at radius 1 is 0.963 bits per heavy atom. The first kappa shape index (κ1) is 19.4. The largest absolute Gasteiger partial charge is 0.495 e. The highest BCUT2D eigenvalue weighted by Gasteiger charge is 2.26. The summed E-state index contributed by atoms with van der Waals surface area (Å²) >= 11 is 6.03. The van der Waals surface area contributed by atoms with E-state index >= 15 is 0 Å². The summed E-state index contributed by atoms with van der Waals surface area (Å²) in [5.74, 6) is 0.239. The Hall–Kier alpha value is -2.34. The molecule has 0 aromatic heterocycles. The number of nitrogens with one attached hydrogen (secondary N) is 1. The first-order chi connectivity index (χ1) is 12.9. The molecule has 0 heterocycles.